The van der Waals surface area contributed by atoms with Gasteiger partial charge in [0, 0.05) is 19.6 Å². The van der Waals surface area contributed by atoms with Gasteiger partial charge in [0.05, 0.1) is 5.54 Å². The maximum atomic E-state index is 2.49. The minimum atomic E-state index is 0.0911. The van der Waals surface area contributed by atoms with Gasteiger partial charge < -0.3 is 4.90 Å². The Labute approximate surface area is 115 Å². The normalized spacial score (nSPS) is 25.8. The minimum Gasteiger partial charge on any atom is -0.303 e. The van der Waals surface area contributed by atoms with E-state index < -0.39 is 0 Å². The molecule has 0 saturated carbocycles. The first-order valence-corrected chi connectivity index (χ1v) is 6.99. The summed E-state index contributed by atoms with van der Waals surface area (Å²) in [5.41, 5.74) is 1.54. The van der Waals surface area contributed by atoms with Crippen LogP contribution in [0.2, 0.25) is 0 Å². The third kappa shape index (κ3) is 2.05. The molecule has 1 aliphatic heterocycles. The van der Waals surface area contributed by atoms with E-state index in [4.69, 9.17) is 0 Å². The molecule has 1 aliphatic rings. The highest BCUT2D eigenvalue weighted by Gasteiger charge is 2.36. The van der Waals surface area contributed by atoms with Crippen molar-refractivity contribution in [1.82, 2.24) is 9.80 Å². The van der Waals surface area contributed by atoms with Crippen molar-refractivity contribution >= 4 is 10.8 Å². The topological polar surface area (TPSA) is 6.48 Å². The molecular formula is C17H22N2. The fourth-order valence-corrected chi connectivity index (χ4v) is 3.28. The Hall–Kier alpha value is -1.38. The molecule has 1 fully saturated rings. The molecule has 3 rings (SSSR count). The summed E-state index contributed by atoms with van der Waals surface area (Å²) in [5.74, 6) is 0. The Morgan fingerprint density at radius 2 is 1.68 bits per heavy atom. The number of likely N-dealkylation sites (N-methyl/N-ethyl adjacent to an activating group) is 2. The van der Waals surface area contributed by atoms with Crippen molar-refractivity contribution in [3.8, 4) is 0 Å². The van der Waals surface area contributed by atoms with Crippen LogP contribution in [-0.2, 0) is 5.54 Å². The van der Waals surface area contributed by atoms with Crippen LogP contribution in [0.4, 0.5) is 0 Å². The fraction of sp³-hybridized carbons (Fsp3) is 0.412. The van der Waals surface area contributed by atoms with Gasteiger partial charge in [0.15, 0.2) is 0 Å². The van der Waals surface area contributed by atoms with Gasteiger partial charge in [0.25, 0.3) is 0 Å². The van der Waals surface area contributed by atoms with Crippen LogP contribution >= 0.6 is 0 Å². The van der Waals surface area contributed by atoms with Crippen LogP contribution in [0.15, 0.2) is 42.5 Å². The number of piperazine rings is 1. The van der Waals surface area contributed by atoms with E-state index in [0.29, 0.717) is 0 Å². The van der Waals surface area contributed by atoms with E-state index in [0.717, 1.165) is 19.6 Å². The SMILES string of the molecule is CN1CCN(C)C(C)(c2cccc3ccccc23)C1. The highest BCUT2D eigenvalue weighted by Crippen LogP contribution is 2.35. The summed E-state index contributed by atoms with van der Waals surface area (Å²) in [5, 5.41) is 2.72. The van der Waals surface area contributed by atoms with E-state index in [9.17, 15) is 0 Å². The van der Waals surface area contributed by atoms with Crippen molar-refractivity contribution in [2.45, 2.75) is 12.5 Å². The number of fused-ring (bicyclic) bond motifs is 1. The summed E-state index contributed by atoms with van der Waals surface area (Å²) < 4.78 is 0. The lowest BCUT2D eigenvalue weighted by atomic mass is 9.85. The van der Waals surface area contributed by atoms with E-state index in [2.05, 4.69) is 73.3 Å². The van der Waals surface area contributed by atoms with Crippen molar-refractivity contribution in [2.75, 3.05) is 33.7 Å². The lowest BCUT2D eigenvalue weighted by molar-refractivity contribution is 0.0390. The zero-order valence-corrected chi connectivity index (χ0v) is 12.1. The number of hydrogen-bond acceptors (Lipinski definition) is 2. The molecule has 0 N–H and O–H groups in total. The van der Waals surface area contributed by atoms with Crippen molar-refractivity contribution in [1.29, 1.82) is 0 Å². The predicted molar refractivity (Wildman–Crippen MR) is 81.4 cm³/mol. The van der Waals surface area contributed by atoms with Crippen LogP contribution in [0.25, 0.3) is 10.8 Å². The first kappa shape index (κ1) is 12.6. The monoisotopic (exact) mass is 254 g/mol. The molecule has 1 unspecified atom stereocenters. The molecular weight excluding hydrogens is 232 g/mol. The number of rotatable bonds is 1. The van der Waals surface area contributed by atoms with Crippen molar-refractivity contribution in [3.05, 3.63) is 48.0 Å². The number of nitrogens with zero attached hydrogens (tertiary/aromatic N) is 2. The summed E-state index contributed by atoms with van der Waals surface area (Å²) in [4.78, 5) is 4.93. The zero-order chi connectivity index (χ0) is 13.5. The molecule has 2 heteroatoms. The van der Waals surface area contributed by atoms with E-state index in [1.807, 2.05) is 0 Å². The molecule has 0 aromatic heterocycles. The maximum Gasteiger partial charge on any atom is 0.0563 e. The Morgan fingerprint density at radius 1 is 0.947 bits per heavy atom. The first-order valence-electron chi connectivity index (χ1n) is 6.99. The molecule has 100 valence electrons. The Bertz CT molecular complexity index is 587. The van der Waals surface area contributed by atoms with Gasteiger partial charge in [-0.05, 0) is 37.4 Å². The van der Waals surface area contributed by atoms with Gasteiger partial charge in [-0.25, -0.2) is 0 Å². The van der Waals surface area contributed by atoms with E-state index >= 15 is 0 Å². The molecule has 2 aromatic rings. The molecule has 2 aromatic carbocycles. The smallest absolute Gasteiger partial charge is 0.0563 e. The number of hydrogen-bond donors (Lipinski definition) is 0. The Kier molecular flexibility index (Phi) is 3.08. The van der Waals surface area contributed by atoms with Gasteiger partial charge in [0.2, 0.25) is 0 Å². The number of benzene rings is 2. The highest BCUT2D eigenvalue weighted by atomic mass is 15.3. The summed E-state index contributed by atoms with van der Waals surface area (Å²) >= 11 is 0. The van der Waals surface area contributed by atoms with Gasteiger partial charge >= 0.3 is 0 Å². The van der Waals surface area contributed by atoms with Crippen LogP contribution in [0.3, 0.4) is 0 Å². The molecule has 0 bridgehead atoms. The molecule has 19 heavy (non-hydrogen) atoms. The summed E-state index contributed by atoms with van der Waals surface area (Å²) in [6.07, 6.45) is 0. The second-order valence-corrected chi connectivity index (χ2v) is 5.96. The Balaban J connectivity index is 2.17. The van der Waals surface area contributed by atoms with Crippen LogP contribution in [0, 0.1) is 0 Å². The highest BCUT2D eigenvalue weighted by molar-refractivity contribution is 5.86. The largest absolute Gasteiger partial charge is 0.303 e. The summed E-state index contributed by atoms with van der Waals surface area (Å²) in [7, 11) is 4.46. The van der Waals surface area contributed by atoms with E-state index in [-0.39, 0.29) is 5.54 Å². The molecule has 2 nitrogen and oxygen atoms in total. The van der Waals surface area contributed by atoms with Gasteiger partial charge in [-0.15, -0.1) is 0 Å². The lowest BCUT2D eigenvalue weighted by Gasteiger charge is -2.47. The standard InChI is InChI=1S/C17H22N2/c1-17(13-18(2)11-12-19(17)3)16-10-6-8-14-7-4-5-9-15(14)16/h4-10H,11-13H2,1-3H3. The predicted octanol–water partition coefficient (Wildman–Crippen LogP) is 2.93. The second kappa shape index (κ2) is 4.62. The molecule has 1 atom stereocenters. The minimum absolute atomic E-state index is 0.0911. The van der Waals surface area contributed by atoms with Crippen molar-refractivity contribution < 1.29 is 0 Å². The van der Waals surface area contributed by atoms with Crippen molar-refractivity contribution in [3.63, 3.8) is 0 Å². The van der Waals surface area contributed by atoms with Crippen molar-refractivity contribution in [2.24, 2.45) is 0 Å². The van der Waals surface area contributed by atoms with Gasteiger partial charge in [-0.3, -0.25) is 4.90 Å². The van der Waals surface area contributed by atoms with Crippen LogP contribution in [-0.4, -0.2) is 43.5 Å². The van der Waals surface area contributed by atoms with Gasteiger partial charge in [0.1, 0.15) is 0 Å². The maximum absolute atomic E-state index is 2.49. The molecule has 0 radical (unpaired) electrons. The third-order valence-corrected chi connectivity index (χ3v) is 4.61. The van der Waals surface area contributed by atoms with E-state index in [1.165, 1.54) is 16.3 Å². The van der Waals surface area contributed by atoms with E-state index in [1.54, 1.807) is 0 Å². The lowest BCUT2D eigenvalue weighted by Crippen LogP contribution is -2.56. The zero-order valence-electron chi connectivity index (χ0n) is 12.1. The molecule has 0 spiro atoms. The average molecular weight is 254 g/mol. The summed E-state index contributed by atoms with van der Waals surface area (Å²) in [6.45, 7) is 5.72. The first-order chi connectivity index (χ1) is 9.11. The van der Waals surface area contributed by atoms with Crippen LogP contribution in [0.1, 0.15) is 12.5 Å². The van der Waals surface area contributed by atoms with Crippen LogP contribution < -0.4 is 0 Å². The molecule has 1 heterocycles. The molecule has 0 amide bonds. The quantitative estimate of drug-likeness (QED) is 0.772. The Morgan fingerprint density at radius 3 is 2.53 bits per heavy atom. The molecule has 0 aliphatic carbocycles. The summed E-state index contributed by atoms with van der Waals surface area (Å²) in [6, 6.07) is 15.4. The van der Waals surface area contributed by atoms with Crippen LogP contribution in [0.5, 0.6) is 0 Å². The van der Waals surface area contributed by atoms with Gasteiger partial charge in [-0.2, -0.15) is 0 Å². The average Bonchev–Trinajstić information content (AvgIpc) is 2.42. The second-order valence-electron chi connectivity index (χ2n) is 5.96. The molecule has 1 saturated heterocycles. The van der Waals surface area contributed by atoms with Gasteiger partial charge in [-0.1, -0.05) is 42.5 Å². The fourth-order valence-electron chi connectivity index (χ4n) is 3.28. The third-order valence-electron chi connectivity index (χ3n) is 4.61.